The zero-order valence-corrected chi connectivity index (χ0v) is 27.3. The van der Waals surface area contributed by atoms with E-state index in [0.29, 0.717) is 16.4 Å². The van der Waals surface area contributed by atoms with Crippen LogP contribution in [-0.4, -0.2) is 10.5 Å². The third-order valence-electron chi connectivity index (χ3n) is 8.09. The maximum atomic E-state index is 6.29. The second-order valence-electron chi connectivity index (χ2n) is 9.81. The first-order valence-corrected chi connectivity index (χ1v) is 24.1. The Morgan fingerprint density at radius 1 is 0.595 bits per heavy atom. The van der Waals surface area contributed by atoms with Gasteiger partial charge >= 0.3 is 248 Å². The van der Waals surface area contributed by atoms with Crippen molar-refractivity contribution >= 4 is 70.9 Å². The van der Waals surface area contributed by atoms with Crippen LogP contribution in [0.5, 0.6) is 0 Å². The molecule has 0 nitrogen and oxygen atoms in total. The molecule has 0 radical (unpaired) electrons. The quantitative estimate of drug-likeness (QED) is 0.148. The van der Waals surface area contributed by atoms with Crippen LogP contribution in [0.4, 0.5) is 0 Å². The fraction of sp³-hybridized carbons (Fsp3) is 0.226. The van der Waals surface area contributed by atoms with E-state index in [4.69, 9.17) is 12.6 Å². The van der Waals surface area contributed by atoms with Crippen LogP contribution in [0.3, 0.4) is 0 Å². The molecule has 4 unspecified atom stereocenters. The van der Waals surface area contributed by atoms with E-state index < -0.39 is 20.2 Å². The summed E-state index contributed by atoms with van der Waals surface area (Å²) in [7, 11) is 8.72. The SMILES string of the molecule is [S-]C1C2CCC(C2)C1SP(c1ccccc1)(c1ccccc1)(c1ccccc1)c1ccccc1.[S]=[Re]=[S]. The molecule has 0 aliphatic heterocycles. The summed E-state index contributed by atoms with van der Waals surface area (Å²) < 4.78 is 0. The van der Waals surface area contributed by atoms with E-state index in [1.165, 1.54) is 40.5 Å². The van der Waals surface area contributed by atoms with Gasteiger partial charge in [0.05, 0.1) is 0 Å². The average molecular weight is 748 g/mol. The maximum absolute atomic E-state index is 6.29. The van der Waals surface area contributed by atoms with Crippen LogP contribution in [-0.2, 0) is 27.0 Å². The number of benzene rings is 4. The molecule has 191 valence electrons. The standard InChI is InChI=1S/C31H31PS2.Re.2S/c33-30-24-21-22-25(23-24)31(30)34-32(26-13-5-1-6-14-26,27-15-7-2-8-16-27,28-17-9-3-10-18-28)29-19-11-4-12-20-29;;;/h1-20,24-25,30-31,33H,21-23H2;;;/p-1. The van der Waals surface area contributed by atoms with Gasteiger partial charge in [-0.3, -0.25) is 0 Å². The molecule has 37 heavy (non-hydrogen) atoms. The van der Waals surface area contributed by atoms with Crippen molar-refractivity contribution in [3.05, 3.63) is 121 Å². The van der Waals surface area contributed by atoms with Gasteiger partial charge in [-0.05, 0) is 0 Å². The van der Waals surface area contributed by atoms with Crippen LogP contribution in [0.25, 0.3) is 0 Å². The molecule has 0 amide bonds. The molecule has 0 N–H and O–H groups in total. The molecule has 2 aliphatic rings. The number of fused-ring (bicyclic) bond motifs is 2. The topological polar surface area (TPSA) is 0 Å². The van der Waals surface area contributed by atoms with Crippen molar-refractivity contribution in [1.29, 1.82) is 0 Å². The molecule has 0 heterocycles. The van der Waals surface area contributed by atoms with Crippen molar-refractivity contribution in [2.75, 3.05) is 0 Å². The van der Waals surface area contributed by atoms with Gasteiger partial charge in [-0.2, -0.15) is 0 Å². The summed E-state index contributed by atoms with van der Waals surface area (Å²) in [6.45, 7) is 0. The molecule has 6 rings (SSSR count). The minimum absolute atomic E-state index is 0.338. The minimum atomic E-state index is -3.18. The average Bonchev–Trinajstić information content (AvgIpc) is 3.57. The zero-order valence-electron chi connectivity index (χ0n) is 20.4. The van der Waals surface area contributed by atoms with E-state index in [2.05, 4.69) is 153 Å². The third-order valence-corrected chi connectivity index (χ3v) is 19.9. The van der Waals surface area contributed by atoms with Crippen molar-refractivity contribution in [2.45, 2.75) is 29.8 Å². The Hall–Kier alpha value is -0.888. The monoisotopic (exact) mass is 748 g/mol. The molecule has 2 fully saturated rings. The molecule has 0 spiro atoms. The second kappa shape index (κ2) is 12.1. The molecule has 2 saturated carbocycles. The van der Waals surface area contributed by atoms with Gasteiger partial charge in [0.2, 0.25) is 0 Å². The Kier molecular flexibility index (Phi) is 9.05. The first-order chi connectivity index (χ1) is 18.1. The van der Waals surface area contributed by atoms with Crippen LogP contribution >= 0.6 is 37.1 Å². The van der Waals surface area contributed by atoms with E-state index in [0.717, 1.165) is 5.92 Å². The van der Waals surface area contributed by atoms with Gasteiger partial charge in [0, 0.05) is 0 Å². The van der Waals surface area contributed by atoms with E-state index in [1.54, 1.807) is 0 Å². The van der Waals surface area contributed by atoms with Gasteiger partial charge in [-0.1, -0.05) is 0 Å². The fourth-order valence-electron chi connectivity index (χ4n) is 6.56. The summed E-state index contributed by atoms with van der Waals surface area (Å²) in [6.07, 6.45) is 3.96. The van der Waals surface area contributed by atoms with E-state index >= 15 is 0 Å². The van der Waals surface area contributed by atoms with Crippen LogP contribution in [0.2, 0.25) is 0 Å². The van der Waals surface area contributed by atoms with Gasteiger partial charge in [-0.25, -0.2) is 0 Å². The molecule has 0 saturated heterocycles. The van der Waals surface area contributed by atoms with Gasteiger partial charge in [-0.15, -0.1) is 0 Å². The zero-order chi connectivity index (χ0) is 25.7. The van der Waals surface area contributed by atoms with Crippen molar-refractivity contribution in [3.63, 3.8) is 0 Å². The molecule has 6 heteroatoms. The van der Waals surface area contributed by atoms with Gasteiger partial charge in [0.15, 0.2) is 0 Å². The summed E-state index contributed by atoms with van der Waals surface area (Å²) in [4.78, 5) is 0. The Labute approximate surface area is 246 Å². The van der Waals surface area contributed by atoms with E-state index in [1.807, 2.05) is 0 Å². The molecule has 2 bridgehead atoms. The molecule has 0 aromatic heterocycles. The van der Waals surface area contributed by atoms with Crippen molar-refractivity contribution < 1.29 is 14.4 Å². The molecule has 4 aromatic carbocycles. The third kappa shape index (κ3) is 4.74. The molecule has 4 atom stereocenters. The van der Waals surface area contributed by atoms with E-state index in [9.17, 15) is 0 Å². The first-order valence-electron chi connectivity index (χ1n) is 12.6. The second-order valence-corrected chi connectivity index (χ2v) is 22.6. The first kappa shape index (κ1) is 27.7. The van der Waals surface area contributed by atoms with Crippen LogP contribution in [0.1, 0.15) is 19.3 Å². The summed E-state index contributed by atoms with van der Waals surface area (Å²) in [5.41, 5.74) is 0. The summed E-state index contributed by atoms with van der Waals surface area (Å²) in [5.74, 6) is -1.75. The van der Waals surface area contributed by atoms with Gasteiger partial charge < -0.3 is 0 Å². The Morgan fingerprint density at radius 2 is 0.919 bits per heavy atom. The molecular weight excluding hydrogens is 718 g/mol. The predicted molar refractivity (Wildman–Crippen MR) is 170 cm³/mol. The predicted octanol–water partition coefficient (Wildman–Crippen LogP) is 7.50. The summed E-state index contributed by atoms with van der Waals surface area (Å²) in [5, 5.41) is 6.51. The number of hydrogen-bond acceptors (Lipinski definition) is 4. The Bertz CT molecular complexity index is 1170. The Morgan fingerprint density at radius 3 is 1.22 bits per heavy atom. The molecular formula is C31H30PReS4-. The van der Waals surface area contributed by atoms with Crippen LogP contribution in [0.15, 0.2) is 121 Å². The van der Waals surface area contributed by atoms with Crippen molar-refractivity contribution in [1.82, 2.24) is 0 Å². The van der Waals surface area contributed by atoms with Crippen molar-refractivity contribution in [2.24, 2.45) is 11.8 Å². The van der Waals surface area contributed by atoms with Crippen LogP contribution < -0.4 is 21.2 Å². The summed E-state index contributed by atoms with van der Waals surface area (Å²) in [6, 6.07) is 45.4. The Balaban J connectivity index is 0.000000892. The van der Waals surface area contributed by atoms with E-state index in [-0.39, 0.29) is 0 Å². The molecule has 2 aliphatic carbocycles. The van der Waals surface area contributed by atoms with Crippen molar-refractivity contribution in [3.8, 4) is 0 Å². The fourth-order valence-corrected chi connectivity index (χ4v) is 19.2. The molecule has 4 aromatic rings. The number of rotatable bonds is 6. The van der Waals surface area contributed by atoms with Crippen LogP contribution in [0, 0.1) is 11.8 Å². The summed E-state index contributed by atoms with van der Waals surface area (Å²) >= 11 is 8.05. The van der Waals surface area contributed by atoms with Gasteiger partial charge in [0.1, 0.15) is 0 Å². The number of hydrogen-bond donors (Lipinski definition) is 0. The van der Waals surface area contributed by atoms with Gasteiger partial charge in [0.25, 0.3) is 0 Å². The normalized spacial score (nSPS) is 23.3.